The number of fused-ring (bicyclic) bond motifs is 1. The number of amides is 1. The van der Waals surface area contributed by atoms with E-state index >= 15 is 0 Å². The summed E-state index contributed by atoms with van der Waals surface area (Å²) in [6.07, 6.45) is 4.45. The lowest BCUT2D eigenvalue weighted by atomic mass is 9.99. The second-order valence-electron chi connectivity index (χ2n) is 7.02. The van der Waals surface area contributed by atoms with E-state index in [-0.39, 0.29) is 5.91 Å². The predicted molar refractivity (Wildman–Crippen MR) is 113 cm³/mol. The maximum atomic E-state index is 12.6. The quantitative estimate of drug-likeness (QED) is 0.595. The van der Waals surface area contributed by atoms with Crippen molar-refractivity contribution in [3.05, 3.63) is 95.6 Å². The van der Waals surface area contributed by atoms with Gasteiger partial charge in [0, 0.05) is 26.1 Å². The molecule has 0 bridgehead atoms. The summed E-state index contributed by atoms with van der Waals surface area (Å²) in [4.78, 5) is 14.4. The van der Waals surface area contributed by atoms with Crippen LogP contribution in [0, 0.1) is 0 Å². The highest BCUT2D eigenvalue weighted by atomic mass is 16.5. The maximum Gasteiger partial charge on any atom is 0.246 e. The van der Waals surface area contributed by atoms with E-state index in [1.807, 2.05) is 55.6 Å². The zero-order valence-corrected chi connectivity index (χ0v) is 16.0. The monoisotopic (exact) mass is 369 g/mol. The van der Waals surface area contributed by atoms with E-state index in [4.69, 9.17) is 4.74 Å². The molecule has 0 saturated heterocycles. The van der Waals surface area contributed by atoms with Crippen LogP contribution in [0.15, 0.2) is 78.9 Å². The van der Waals surface area contributed by atoms with Crippen molar-refractivity contribution in [1.82, 2.24) is 4.90 Å². The largest absolute Gasteiger partial charge is 0.493 e. The molecule has 1 aliphatic rings. The molecule has 3 nitrogen and oxygen atoms in total. The van der Waals surface area contributed by atoms with Gasteiger partial charge in [0.2, 0.25) is 5.91 Å². The van der Waals surface area contributed by atoms with Crippen LogP contribution in [0.2, 0.25) is 0 Å². The fourth-order valence-electron chi connectivity index (χ4n) is 3.50. The van der Waals surface area contributed by atoms with E-state index in [9.17, 15) is 4.79 Å². The lowest BCUT2D eigenvalue weighted by Crippen LogP contribution is -2.24. The molecule has 0 atom stereocenters. The van der Waals surface area contributed by atoms with Crippen molar-refractivity contribution in [2.24, 2.45) is 0 Å². The third-order valence-electron chi connectivity index (χ3n) is 5.02. The van der Waals surface area contributed by atoms with Crippen molar-refractivity contribution in [2.75, 3.05) is 13.7 Å². The number of carbonyl (C=O) groups is 1. The molecule has 4 rings (SSSR count). The summed E-state index contributed by atoms with van der Waals surface area (Å²) in [5.74, 6) is 0.942. The molecule has 0 saturated carbocycles. The number of benzene rings is 3. The van der Waals surface area contributed by atoms with E-state index in [0.717, 1.165) is 41.0 Å². The first-order valence-corrected chi connectivity index (χ1v) is 9.53. The standard InChI is InChI=1S/C25H23NO2/c1-26(18-22-9-5-6-10-23(22)20-7-3-2-4-8-20)25(27)14-12-19-11-13-24-21(17-19)15-16-28-24/h2-14,17H,15-16,18H2,1H3/b14-12+. The summed E-state index contributed by atoms with van der Waals surface area (Å²) in [6.45, 7) is 1.30. The minimum atomic E-state index is -0.0142. The van der Waals surface area contributed by atoms with Crippen LogP contribution in [0.4, 0.5) is 0 Å². The SMILES string of the molecule is CN(Cc1ccccc1-c1ccccc1)C(=O)/C=C/c1ccc2c(c1)CCO2. The van der Waals surface area contributed by atoms with Crippen molar-refractivity contribution in [3.63, 3.8) is 0 Å². The van der Waals surface area contributed by atoms with Gasteiger partial charge in [-0.25, -0.2) is 0 Å². The Balaban J connectivity index is 1.47. The van der Waals surface area contributed by atoms with Crippen LogP contribution >= 0.6 is 0 Å². The molecule has 3 aromatic rings. The lowest BCUT2D eigenvalue weighted by Gasteiger charge is -2.18. The van der Waals surface area contributed by atoms with Gasteiger partial charge in [0.1, 0.15) is 5.75 Å². The molecule has 0 fully saturated rings. The van der Waals surface area contributed by atoms with Gasteiger partial charge in [-0.05, 0) is 46.0 Å². The van der Waals surface area contributed by atoms with Crippen LogP contribution in [0.25, 0.3) is 17.2 Å². The maximum absolute atomic E-state index is 12.6. The first-order valence-electron chi connectivity index (χ1n) is 9.53. The average Bonchev–Trinajstić information content (AvgIpc) is 3.21. The molecule has 0 aromatic heterocycles. The van der Waals surface area contributed by atoms with Crippen LogP contribution in [-0.4, -0.2) is 24.5 Å². The van der Waals surface area contributed by atoms with Crippen LogP contribution in [0.5, 0.6) is 5.75 Å². The number of rotatable bonds is 5. The number of nitrogens with zero attached hydrogens (tertiary/aromatic N) is 1. The Morgan fingerprint density at radius 1 is 1.04 bits per heavy atom. The molecule has 140 valence electrons. The Kier molecular flexibility index (Phi) is 5.24. The molecule has 0 aliphatic carbocycles. The van der Waals surface area contributed by atoms with Crippen molar-refractivity contribution in [1.29, 1.82) is 0 Å². The number of carbonyl (C=O) groups excluding carboxylic acids is 1. The molecular formula is C25H23NO2. The van der Waals surface area contributed by atoms with Gasteiger partial charge in [0.15, 0.2) is 0 Å². The van der Waals surface area contributed by atoms with Gasteiger partial charge in [0.25, 0.3) is 0 Å². The minimum Gasteiger partial charge on any atom is -0.493 e. The second-order valence-corrected chi connectivity index (χ2v) is 7.02. The number of hydrogen-bond donors (Lipinski definition) is 0. The van der Waals surface area contributed by atoms with E-state index in [1.165, 1.54) is 5.56 Å². The minimum absolute atomic E-state index is 0.0142. The third-order valence-corrected chi connectivity index (χ3v) is 5.02. The molecule has 0 radical (unpaired) electrons. The second kappa shape index (κ2) is 8.13. The highest BCUT2D eigenvalue weighted by Crippen LogP contribution is 2.27. The fraction of sp³-hybridized carbons (Fsp3) is 0.160. The van der Waals surface area contributed by atoms with Gasteiger partial charge in [-0.2, -0.15) is 0 Å². The normalized spacial score (nSPS) is 12.6. The summed E-state index contributed by atoms with van der Waals surface area (Å²) in [6, 6.07) is 24.6. The summed E-state index contributed by atoms with van der Waals surface area (Å²) in [5, 5.41) is 0. The molecular weight excluding hydrogens is 346 g/mol. The van der Waals surface area contributed by atoms with E-state index in [1.54, 1.807) is 11.0 Å². The molecule has 0 spiro atoms. The van der Waals surface area contributed by atoms with Gasteiger partial charge in [0.05, 0.1) is 6.61 Å². The molecule has 1 amide bonds. The van der Waals surface area contributed by atoms with Crippen molar-refractivity contribution in [3.8, 4) is 16.9 Å². The van der Waals surface area contributed by atoms with Gasteiger partial charge in [-0.3, -0.25) is 4.79 Å². The molecule has 1 aliphatic heterocycles. The molecule has 1 heterocycles. The van der Waals surface area contributed by atoms with Crippen LogP contribution in [0.1, 0.15) is 16.7 Å². The smallest absolute Gasteiger partial charge is 0.246 e. The summed E-state index contributed by atoms with van der Waals surface area (Å²) >= 11 is 0. The Labute approximate surface area is 165 Å². The van der Waals surface area contributed by atoms with Gasteiger partial charge < -0.3 is 9.64 Å². The van der Waals surface area contributed by atoms with E-state index in [0.29, 0.717) is 6.54 Å². The Morgan fingerprint density at radius 3 is 2.68 bits per heavy atom. The number of ether oxygens (including phenoxy) is 1. The van der Waals surface area contributed by atoms with Gasteiger partial charge in [-0.1, -0.05) is 60.7 Å². The zero-order valence-electron chi connectivity index (χ0n) is 16.0. The average molecular weight is 369 g/mol. The van der Waals surface area contributed by atoms with Crippen LogP contribution in [0.3, 0.4) is 0 Å². The first-order chi connectivity index (χ1) is 13.7. The Hall–Kier alpha value is -3.33. The molecule has 0 unspecified atom stereocenters. The van der Waals surface area contributed by atoms with Crippen LogP contribution in [-0.2, 0) is 17.8 Å². The number of likely N-dealkylation sites (N-methyl/N-ethyl adjacent to an activating group) is 1. The molecule has 3 aromatic carbocycles. The highest BCUT2D eigenvalue weighted by molar-refractivity contribution is 5.91. The first kappa shape index (κ1) is 18.1. The van der Waals surface area contributed by atoms with E-state index < -0.39 is 0 Å². The van der Waals surface area contributed by atoms with Gasteiger partial charge in [-0.15, -0.1) is 0 Å². The summed E-state index contributed by atoms with van der Waals surface area (Å²) < 4.78 is 5.53. The Morgan fingerprint density at radius 2 is 1.82 bits per heavy atom. The van der Waals surface area contributed by atoms with Crippen LogP contribution < -0.4 is 4.74 Å². The van der Waals surface area contributed by atoms with E-state index in [2.05, 4.69) is 30.3 Å². The fourth-order valence-corrected chi connectivity index (χ4v) is 3.50. The van der Waals surface area contributed by atoms with Crippen molar-refractivity contribution in [2.45, 2.75) is 13.0 Å². The third kappa shape index (κ3) is 3.99. The summed E-state index contributed by atoms with van der Waals surface area (Å²) in [7, 11) is 1.84. The zero-order chi connectivity index (χ0) is 19.3. The van der Waals surface area contributed by atoms with Crippen molar-refractivity contribution < 1.29 is 9.53 Å². The highest BCUT2D eigenvalue weighted by Gasteiger charge is 2.12. The number of hydrogen-bond acceptors (Lipinski definition) is 2. The predicted octanol–water partition coefficient (Wildman–Crippen LogP) is 4.96. The molecule has 28 heavy (non-hydrogen) atoms. The Bertz CT molecular complexity index is 1010. The summed E-state index contributed by atoms with van der Waals surface area (Å²) in [5.41, 5.74) is 5.68. The van der Waals surface area contributed by atoms with Gasteiger partial charge >= 0.3 is 0 Å². The molecule has 3 heteroatoms. The topological polar surface area (TPSA) is 29.5 Å². The lowest BCUT2D eigenvalue weighted by molar-refractivity contribution is -0.125. The molecule has 0 N–H and O–H groups in total. The van der Waals surface area contributed by atoms with Crippen molar-refractivity contribution >= 4 is 12.0 Å².